The van der Waals surface area contributed by atoms with Gasteiger partial charge >= 0.3 is 5.97 Å². The van der Waals surface area contributed by atoms with Crippen LogP contribution in [0.5, 0.6) is 0 Å². The van der Waals surface area contributed by atoms with E-state index >= 15 is 0 Å². The molecule has 2 aromatic rings. The molecule has 6 heteroatoms. The van der Waals surface area contributed by atoms with Gasteiger partial charge in [0.2, 0.25) is 0 Å². The maximum atomic E-state index is 12.7. The maximum Gasteiger partial charge on any atom is 0.313 e. The number of hydrogen-bond donors (Lipinski definition) is 1. The highest BCUT2D eigenvalue weighted by Crippen LogP contribution is 2.32. The zero-order valence-corrected chi connectivity index (χ0v) is 12.9. The Morgan fingerprint density at radius 1 is 1.39 bits per heavy atom. The molecule has 6 nitrogen and oxygen atoms in total. The van der Waals surface area contributed by atoms with E-state index in [4.69, 9.17) is 9.15 Å². The number of carbonyl (C=O) groups is 2. The van der Waals surface area contributed by atoms with Crippen molar-refractivity contribution in [3.63, 3.8) is 0 Å². The van der Waals surface area contributed by atoms with Gasteiger partial charge in [-0.05, 0) is 25.0 Å². The molecule has 1 saturated heterocycles. The zero-order chi connectivity index (χ0) is 16.4. The number of carboxylic acids is 1. The standard InChI is InChI=1S/C17H19NO5/c1-22-11-17(16(20)21)7-4-8-18(10-17)15(19)14-9-12-5-2-3-6-13(12)23-14/h2-3,5-6,9H,4,7-8,10-11H2,1H3,(H,20,21). The van der Waals surface area contributed by atoms with Crippen LogP contribution in [-0.2, 0) is 9.53 Å². The third-order valence-corrected chi connectivity index (χ3v) is 4.37. The molecule has 1 atom stereocenters. The van der Waals surface area contributed by atoms with Crippen LogP contribution in [0.25, 0.3) is 11.0 Å². The number of methoxy groups -OCH3 is 1. The largest absolute Gasteiger partial charge is 0.481 e. The van der Waals surface area contributed by atoms with Crippen LogP contribution in [0.4, 0.5) is 0 Å². The van der Waals surface area contributed by atoms with E-state index in [1.807, 2.05) is 18.2 Å². The monoisotopic (exact) mass is 317 g/mol. The molecule has 1 aliphatic rings. The average Bonchev–Trinajstić information content (AvgIpc) is 2.98. The van der Waals surface area contributed by atoms with Crippen molar-refractivity contribution in [2.45, 2.75) is 12.8 Å². The van der Waals surface area contributed by atoms with Crippen molar-refractivity contribution in [1.82, 2.24) is 4.90 Å². The lowest BCUT2D eigenvalue weighted by Crippen LogP contribution is -2.52. The highest BCUT2D eigenvalue weighted by atomic mass is 16.5. The summed E-state index contributed by atoms with van der Waals surface area (Å²) in [6.45, 7) is 0.743. The number of benzene rings is 1. The van der Waals surface area contributed by atoms with Gasteiger partial charge in [-0.3, -0.25) is 9.59 Å². The Balaban J connectivity index is 1.85. The van der Waals surface area contributed by atoms with E-state index in [1.54, 1.807) is 17.0 Å². The highest BCUT2D eigenvalue weighted by Gasteiger charge is 2.44. The van der Waals surface area contributed by atoms with Crippen LogP contribution in [-0.4, -0.2) is 48.7 Å². The fraction of sp³-hybridized carbons (Fsp3) is 0.412. The number of ether oxygens (including phenoxy) is 1. The van der Waals surface area contributed by atoms with E-state index in [-0.39, 0.29) is 24.8 Å². The molecule has 1 aliphatic heterocycles. The van der Waals surface area contributed by atoms with Crippen LogP contribution < -0.4 is 0 Å². The van der Waals surface area contributed by atoms with Gasteiger partial charge in [-0.2, -0.15) is 0 Å². The van der Waals surface area contributed by atoms with Crippen molar-refractivity contribution in [2.24, 2.45) is 5.41 Å². The number of para-hydroxylation sites is 1. The van der Waals surface area contributed by atoms with Gasteiger partial charge in [-0.25, -0.2) is 0 Å². The summed E-state index contributed by atoms with van der Waals surface area (Å²) in [6, 6.07) is 9.09. The van der Waals surface area contributed by atoms with Crippen LogP contribution in [0.15, 0.2) is 34.7 Å². The van der Waals surface area contributed by atoms with Gasteiger partial charge < -0.3 is 19.2 Å². The SMILES string of the molecule is COCC1(C(=O)O)CCCN(C(=O)c2cc3ccccc3o2)C1. The molecule has 1 amide bonds. The van der Waals surface area contributed by atoms with Crippen molar-refractivity contribution in [2.75, 3.05) is 26.8 Å². The molecule has 0 bridgehead atoms. The summed E-state index contributed by atoms with van der Waals surface area (Å²) in [6.07, 6.45) is 1.13. The lowest BCUT2D eigenvalue weighted by atomic mass is 9.80. The molecule has 23 heavy (non-hydrogen) atoms. The average molecular weight is 317 g/mol. The van der Waals surface area contributed by atoms with Gasteiger partial charge in [0.1, 0.15) is 11.0 Å². The van der Waals surface area contributed by atoms with Crippen LogP contribution in [0.2, 0.25) is 0 Å². The predicted octanol–water partition coefficient (Wildman–Crippen LogP) is 2.39. The molecule has 1 unspecified atom stereocenters. The molecular weight excluding hydrogens is 298 g/mol. The Hall–Kier alpha value is -2.34. The molecule has 0 radical (unpaired) electrons. The molecule has 1 aromatic carbocycles. The number of piperidine rings is 1. The van der Waals surface area contributed by atoms with Crippen molar-refractivity contribution >= 4 is 22.8 Å². The fourth-order valence-corrected chi connectivity index (χ4v) is 3.18. The number of carbonyl (C=O) groups excluding carboxylic acids is 1. The minimum absolute atomic E-state index is 0.0895. The zero-order valence-electron chi connectivity index (χ0n) is 12.9. The van der Waals surface area contributed by atoms with Crippen LogP contribution in [0.1, 0.15) is 23.4 Å². The molecular formula is C17H19NO5. The summed E-state index contributed by atoms with van der Waals surface area (Å²) in [4.78, 5) is 25.9. The minimum Gasteiger partial charge on any atom is -0.481 e. The van der Waals surface area contributed by atoms with E-state index < -0.39 is 11.4 Å². The topological polar surface area (TPSA) is 80.0 Å². The first-order chi connectivity index (χ1) is 11.1. The predicted molar refractivity (Wildman–Crippen MR) is 83.3 cm³/mol. The Morgan fingerprint density at radius 2 is 2.17 bits per heavy atom. The molecule has 1 fully saturated rings. The van der Waals surface area contributed by atoms with E-state index in [0.717, 1.165) is 5.39 Å². The Morgan fingerprint density at radius 3 is 2.87 bits per heavy atom. The molecule has 3 rings (SSSR count). The minimum atomic E-state index is -1.05. The first-order valence-electron chi connectivity index (χ1n) is 7.56. The Kier molecular flexibility index (Phi) is 4.09. The number of rotatable bonds is 4. The van der Waals surface area contributed by atoms with E-state index in [9.17, 15) is 14.7 Å². The van der Waals surface area contributed by atoms with Gasteiger partial charge in [-0.1, -0.05) is 18.2 Å². The van der Waals surface area contributed by atoms with Crippen LogP contribution in [0.3, 0.4) is 0 Å². The molecule has 0 saturated carbocycles. The van der Waals surface area contributed by atoms with E-state index in [1.165, 1.54) is 7.11 Å². The van der Waals surface area contributed by atoms with Crippen LogP contribution >= 0.6 is 0 Å². The Bertz CT molecular complexity index is 700. The number of likely N-dealkylation sites (tertiary alicyclic amines) is 1. The smallest absolute Gasteiger partial charge is 0.313 e. The van der Waals surface area contributed by atoms with Crippen LogP contribution in [0, 0.1) is 5.41 Å². The van der Waals surface area contributed by atoms with Crippen molar-refractivity contribution < 1.29 is 23.8 Å². The maximum absolute atomic E-state index is 12.7. The van der Waals surface area contributed by atoms with E-state index in [0.29, 0.717) is 25.0 Å². The van der Waals surface area contributed by atoms with Crippen molar-refractivity contribution in [3.8, 4) is 0 Å². The van der Waals surface area contributed by atoms with Gasteiger partial charge in [0, 0.05) is 25.6 Å². The summed E-state index contributed by atoms with van der Waals surface area (Å²) in [5.41, 5.74) is -0.399. The summed E-state index contributed by atoms with van der Waals surface area (Å²) >= 11 is 0. The van der Waals surface area contributed by atoms with Gasteiger partial charge in [0.25, 0.3) is 5.91 Å². The number of hydrogen-bond acceptors (Lipinski definition) is 4. The van der Waals surface area contributed by atoms with Crippen molar-refractivity contribution in [1.29, 1.82) is 0 Å². The van der Waals surface area contributed by atoms with Gasteiger partial charge in [0.15, 0.2) is 5.76 Å². The number of furan rings is 1. The molecule has 1 N–H and O–H groups in total. The molecule has 1 aromatic heterocycles. The number of amides is 1. The van der Waals surface area contributed by atoms with E-state index in [2.05, 4.69) is 0 Å². The first kappa shape index (κ1) is 15.6. The lowest BCUT2D eigenvalue weighted by Gasteiger charge is -2.39. The second kappa shape index (κ2) is 6.04. The van der Waals surface area contributed by atoms with Gasteiger partial charge in [0.05, 0.1) is 6.61 Å². The normalized spacial score (nSPS) is 21.5. The number of carboxylic acid groups (broad SMARTS) is 1. The third kappa shape index (κ3) is 2.82. The number of aliphatic carboxylic acids is 1. The highest BCUT2D eigenvalue weighted by molar-refractivity contribution is 5.96. The Labute approximate surface area is 133 Å². The molecule has 122 valence electrons. The number of fused-ring (bicyclic) bond motifs is 1. The van der Waals surface area contributed by atoms with Crippen molar-refractivity contribution in [3.05, 3.63) is 36.1 Å². The summed E-state index contributed by atoms with van der Waals surface area (Å²) in [5, 5.41) is 10.4. The number of nitrogens with zero attached hydrogens (tertiary/aromatic N) is 1. The summed E-state index contributed by atoms with van der Waals surface area (Å²) in [5.74, 6) is -0.964. The summed E-state index contributed by atoms with van der Waals surface area (Å²) < 4.78 is 10.7. The molecule has 0 aliphatic carbocycles. The fourth-order valence-electron chi connectivity index (χ4n) is 3.18. The van der Waals surface area contributed by atoms with Gasteiger partial charge in [-0.15, -0.1) is 0 Å². The second-order valence-electron chi connectivity index (χ2n) is 6.00. The lowest BCUT2D eigenvalue weighted by molar-refractivity contribution is -0.155. The second-order valence-corrected chi connectivity index (χ2v) is 6.00. The quantitative estimate of drug-likeness (QED) is 0.936. The molecule has 0 spiro atoms. The summed E-state index contributed by atoms with van der Waals surface area (Å²) in [7, 11) is 1.48. The third-order valence-electron chi connectivity index (χ3n) is 4.37. The first-order valence-corrected chi connectivity index (χ1v) is 7.56. The molecule has 2 heterocycles.